The summed E-state index contributed by atoms with van der Waals surface area (Å²) in [5.41, 5.74) is 5.45. The molecule has 0 spiro atoms. The van der Waals surface area contributed by atoms with Gasteiger partial charge in [-0.1, -0.05) is 19.3 Å². The van der Waals surface area contributed by atoms with Crippen LogP contribution in [0.15, 0.2) is 0 Å². The van der Waals surface area contributed by atoms with Gasteiger partial charge >= 0.3 is 0 Å². The van der Waals surface area contributed by atoms with Crippen molar-refractivity contribution in [2.45, 2.75) is 38.5 Å². The van der Waals surface area contributed by atoms with Crippen LogP contribution in [0.1, 0.15) is 38.5 Å². The number of hydrogen-bond donors (Lipinski definition) is 2. The number of nitrogens with zero attached hydrogens (tertiary/aromatic N) is 1. The molecule has 0 aromatic heterocycles. The molecule has 0 saturated carbocycles. The number of rotatable bonds is 10. The summed E-state index contributed by atoms with van der Waals surface area (Å²) in [6.07, 6.45) is 7.97. The van der Waals surface area contributed by atoms with Crippen LogP contribution >= 0.6 is 12.6 Å². The van der Waals surface area contributed by atoms with Gasteiger partial charge in [-0.25, -0.2) is 0 Å². The molecule has 0 atom stereocenters. The minimum atomic E-state index is 0.853. The Labute approximate surface area is 101 Å². The third-order valence-corrected chi connectivity index (χ3v) is 3.12. The summed E-state index contributed by atoms with van der Waals surface area (Å²) in [6, 6.07) is 0. The highest BCUT2D eigenvalue weighted by molar-refractivity contribution is 7.80. The molecule has 0 aliphatic heterocycles. The quantitative estimate of drug-likeness (QED) is 0.338. The zero-order valence-corrected chi connectivity index (χ0v) is 11.4. The summed E-state index contributed by atoms with van der Waals surface area (Å²) >= 11 is 4.29. The van der Waals surface area contributed by atoms with Gasteiger partial charge in [0, 0.05) is 5.75 Å². The van der Waals surface area contributed by atoms with Crippen LogP contribution in [0.5, 0.6) is 0 Å². The molecule has 2 nitrogen and oxygen atoms in total. The maximum absolute atomic E-state index is 5.45. The van der Waals surface area contributed by atoms with Crippen molar-refractivity contribution in [2.24, 2.45) is 5.73 Å². The average molecular weight is 233 g/mol. The molecule has 0 radical (unpaired) electrons. The van der Waals surface area contributed by atoms with Crippen molar-refractivity contribution in [1.82, 2.24) is 0 Å². The van der Waals surface area contributed by atoms with E-state index in [1.54, 1.807) is 0 Å². The van der Waals surface area contributed by atoms with E-state index >= 15 is 0 Å². The Morgan fingerprint density at radius 1 is 0.867 bits per heavy atom. The fourth-order valence-corrected chi connectivity index (χ4v) is 2.32. The topological polar surface area (TPSA) is 26.0 Å². The van der Waals surface area contributed by atoms with Crippen molar-refractivity contribution < 1.29 is 4.48 Å². The monoisotopic (exact) mass is 233 g/mol. The Morgan fingerprint density at radius 3 is 1.93 bits per heavy atom. The van der Waals surface area contributed by atoms with Crippen molar-refractivity contribution >= 4 is 12.6 Å². The van der Waals surface area contributed by atoms with Gasteiger partial charge in [-0.15, -0.1) is 0 Å². The molecule has 0 fully saturated rings. The Hall–Kier alpha value is 0.270. The minimum Gasteiger partial charge on any atom is -0.330 e. The zero-order valence-electron chi connectivity index (χ0n) is 10.5. The van der Waals surface area contributed by atoms with Gasteiger partial charge in [-0.05, 0) is 25.8 Å². The van der Waals surface area contributed by atoms with Crippen LogP contribution in [-0.2, 0) is 0 Å². The van der Waals surface area contributed by atoms with E-state index in [0.29, 0.717) is 0 Å². The van der Waals surface area contributed by atoms with Crippen molar-refractivity contribution in [3.05, 3.63) is 0 Å². The normalized spacial score (nSPS) is 12.0. The molecule has 92 valence electrons. The van der Waals surface area contributed by atoms with Crippen LogP contribution in [0, 0.1) is 0 Å². The number of nitrogens with two attached hydrogens (primary N) is 1. The van der Waals surface area contributed by atoms with E-state index in [4.69, 9.17) is 5.73 Å². The summed E-state index contributed by atoms with van der Waals surface area (Å²) in [5.74, 6) is 0.990. The van der Waals surface area contributed by atoms with Gasteiger partial charge in [0.1, 0.15) is 0 Å². The second-order valence-electron chi connectivity index (χ2n) is 5.02. The first-order chi connectivity index (χ1) is 7.12. The predicted octanol–water partition coefficient (Wildman–Crippen LogP) is 2.29. The molecule has 3 heteroatoms. The number of thiol groups is 1. The van der Waals surface area contributed by atoms with Gasteiger partial charge in [0.15, 0.2) is 0 Å². The summed E-state index contributed by atoms with van der Waals surface area (Å²) in [6.45, 7) is 3.32. The third-order valence-electron chi connectivity index (χ3n) is 2.92. The molecule has 0 bridgehead atoms. The molecular formula is C12H29N2S+. The lowest BCUT2D eigenvalue weighted by Crippen LogP contribution is -2.41. The number of quaternary nitrogens is 1. The number of hydrogen-bond acceptors (Lipinski definition) is 2. The predicted molar refractivity (Wildman–Crippen MR) is 72.5 cm³/mol. The van der Waals surface area contributed by atoms with E-state index in [-0.39, 0.29) is 0 Å². The average Bonchev–Trinajstić information content (AvgIpc) is 2.16. The van der Waals surface area contributed by atoms with Crippen LogP contribution in [0.3, 0.4) is 0 Å². The third kappa shape index (κ3) is 10.6. The Morgan fingerprint density at radius 2 is 1.40 bits per heavy atom. The summed E-state index contributed by atoms with van der Waals surface area (Å²) in [7, 11) is 4.59. The van der Waals surface area contributed by atoms with Gasteiger partial charge in [0.25, 0.3) is 0 Å². The highest BCUT2D eigenvalue weighted by atomic mass is 32.1. The van der Waals surface area contributed by atoms with Gasteiger partial charge in [0.05, 0.1) is 27.2 Å². The molecule has 0 rings (SSSR count). The van der Waals surface area contributed by atoms with Crippen LogP contribution in [-0.4, -0.2) is 44.0 Å². The van der Waals surface area contributed by atoms with E-state index in [1.807, 2.05) is 0 Å². The van der Waals surface area contributed by atoms with Crippen molar-refractivity contribution in [1.29, 1.82) is 0 Å². The highest BCUT2D eigenvalue weighted by Crippen LogP contribution is 2.08. The number of unbranched alkanes of at least 4 members (excludes halogenated alkanes) is 5. The first-order valence-corrected chi connectivity index (χ1v) is 6.88. The van der Waals surface area contributed by atoms with Gasteiger partial charge in [0.2, 0.25) is 0 Å². The second kappa shape index (κ2) is 9.49. The standard InChI is InChI=1S/C12H28N2S/c1-14(2,11-12-15)10-8-6-4-3-5-7-9-13/h3-13H2,1-2H3/p+1. The molecule has 0 amide bonds. The van der Waals surface area contributed by atoms with E-state index in [9.17, 15) is 0 Å². The van der Waals surface area contributed by atoms with Crippen LogP contribution in [0.2, 0.25) is 0 Å². The summed E-state index contributed by atoms with van der Waals surface area (Å²) < 4.78 is 1.12. The maximum atomic E-state index is 5.45. The van der Waals surface area contributed by atoms with E-state index in [1.165, 1.54) is 51.6 Å². The maximum Gasteiger partial charge on any atom is 0.0871 e. The largest absolute Gasteiger partial charge is 0.330 e. The molecule has 2 N–H and O–H groups in total. The van der Waals surface area contributed by atoms with Crippen molar-refractivity contribution in [2.75, 3.05) is 39.5 Å². The van der Waals surface area contributed by atoms with Gasteiger partial charge < -0.3 is 10.2 Å². The van der Waals surface area contributed by atoms with E-state index in [2.05, 4.69) is 26.7 Å². The van der Waals surface area contributed by atoms with Crippen LogP contribution < -0.4 is 5.73 Å². The SMILES string of the molecule is C[N+](C)(CCS)CCCCCCCCN. The first kappa shape index (κ1) is 15.3. The molecule has 0 saturated heterocycles. The highest BCUT2D eigenvalue weighted by Gasteiger charge is 2.12. The molecule has 0 aliphatic rings. The molecule has 0 aliphatic carbocycles. The molecule has 0 aromatic rings. The zero-order chi connectivity index (χ0) is 11.6. The molecular weight excluding hydrogens is 204 g/mol. The van der Waals surface area contributed by atoms with Crippen LogP contribution in [0.25, 0.3) is 0 Å². The Bertz CT molecular complexity index is 138. The molecule has 0 aromatic carbocycles. The molecule has 0 heterocycles. The summed E-state index contributed by atoms with van der Waals surface area (Å²) in [4.78, 5) is 0. The van der Waals surface area contributed by atoms with E-state index in [0.717, 1.165) is 16.8 Å². The Balaban J connectivity index is 3.22. The smallest absolute Gasteiger partial charge is 0.0871 e. The summed E-state index contributed by atoms with van der Waals surface area (Å²) in [5, 5.41) is 0. The van der Waals surface area contributed by atoms with Crippen molar-refractivity contribution in [3.63, 3.8) is 0 Å². The second-order valence-corrected chi connectivity index (χ2v) is 5.46. The fourth-order valence-electron chi connectivity index (χ4n) is 1.77. The lowest BCUT2D eigenvalue weighted by Gasteiger charge is -2.29. The van der Waals surface area contributed by atoms with E-state index < -0.39 is 0 Å². The molecule has 0 unspecified atom stereocenters. The van der Waals surface area contributed by atoms with Crippen LogP contribution in [0.4, 0.5) is 0 Å². The van der Waals surface area contributed by atoms with Gasteiger partial charge in [-0.2, -0.15) is 12.6 Å². The first-order valence-electron chi connectivity index (χ1n) is 6.25. The Kier molecular flexibility index (Phi) is 9.66. The fraction of sp³-hybridized carbons (Fsp3) is 1.00. The van der Waals surface area contributed by atoms with Crippen molar-refractivity contribution in [3.8, 4) is 0 Å². The lowest BCUT2D eigenvalue weighted by molar-refractivity contribution is -0.888. The van der Waals surface area contributed by atoms with Gasteiger partial charge in [-0.3, -0.25) is 0 Å². The molecule has 15 heavy (non-hydrogen) atoms. The lowest BCUT2D eigenvalue weighted by atomic mass is 10.1. The minimum absolute atomic E-state index is 0.853.